The number of nitro groups is 1. The molecule has 0 radical (unpaired) electrons. The number of hydrogen-bond donors (Lipinski definition) is 0. The standard InChI is InChI=1S/C19H32N2O3/c1-4-7-8-9-10-16-20(6-3)19(11-5-2)24-18-14-12-17(13-15-18)21(22)23/h12-15,19H,4-11,16H2,1-3H3. The first kappa shape index (κ1) is 20.4. The van der Waals surface area contributed by atoms with E-state index in [9.17, 15) is 10.1 Å². The summed E-state index contributed by atoms with van der Waals surface area (Å²) in [6, 6.07) is 6.38. The van der Waals surface area contributed by atoms with Crippen molar-refractivity contribution in [3.8, 4) is 5.75 Å². The van der Waals surface area contributed by atoms with Gasteiger partial charge in [-0.3, -0.25) is 15.0 Å². The average Bonchev–Trinajstić information content (AvgIpc) is 2.58. The molecule has 0 amide bonds. The molecule has 5 heteroatoms. The van der Waals surface area contributed by atoms with Crippen LogP contribution in [0.3, 0.4) is 0 Å². The smallest absolute Gasteiger partial charge is 0.269 e. The Morgan fingerprint density at radius 1 is 1.04 bits per heavy atom. The van der Waals surface area contributed by atoms with Crippen LogP contribution < -0.4 is 4.74 Å². The fourth-order valence-corrected chi connectivity index (χ4v) is 2.79. The molecule has 1 aromatic rings. The maximum absolute atomic E-state index is 10.7. The molecule has 0 bridgehead atoms. The summed E-state index contributed by atoms with van der Waals surface area (Å²) >= 11 is 0. The zero-order chi connectivity index (χ0) is 17.8. The fourth-order valence-electron chi connectivity index (χ4n) is 2.79. The molecular weight excluding hydrogens is 304 g/mol. The first-order valence-electron chi connectivity index (χ1n) is 9.27. The highest BCUT2D eigenvalue weighted by Crippen LogP contribution is 2.21. The quantitative estimate of drug-likeness (QED) is 0.210. The first-order valence-corrected chi connectivity index (χ1v) is 9.27. The van der Waals surface area contributed by atoms with Gasteiger partial charge in [0.15, 0.2) is 6.23 Å². The van der Waals surface area contributed by atoms with Gasteiger partial charge in [0.1, 0.15) is 5.75 Å². The van der Waals surface area contributed by atoms with Crippen molar-refractivity contribution >= 4 is 5.69 Å². The van der Waals surface area contributed by atoms with Crippen LogP contribution in [-0.4, -0.2) is 29.1 Å². The van der Waals surface area contributed by atoms with Gasteiger partial charge in [-0.25, -0.2) is 0 Å². The summed E-state index contributed by atoms with van der Waals surface area (Å²) in [5.41, 5.74) is 0.0951. The van der Waals surface area contributed by atoms with Crippen molar-refractivity contribution in [3.05, 3.63) is 34.4 Å². The van der Waals surface area contributed by atoms with Crippen molar-refractivity contribution in [2.45, 2.75) is 71.9 Å². The van der Waals surface area contributed by atoms with Crippen LogP contribution in [0.15, 0.2) is 24.3 Å². The topological polar surface area (TPSA) is 55.6 Å². The Morgan fingerprint density at radius 3 is 2.25 bits per heavy atom. The monoisotopic (exact) mass is 336 g/mol. The van der Waals surface area contributed by atoms with Gasteiger partial charge in [0.2, 0.25) is 0 Å². The molecule has 0 saturated heterocycles. The summed E-state index contributed by atoms with van der Waals surface area (Å²) in [6.07, 6.45) is 8.37. The molecular formula is C19H32N2O3. The number of hydrogen-bond acceptors (Lipinski definition) is 4. The molecule has 1 aromatic carbocycles. The molecule has 1 atom stereocenters. The van der Waals surface area contributed by atoms with Crippen molar-refractivity contribution < 1.29 is 9.66 Å². The number of ether oxygens (including phenoxy) is 1. The molecule has 0 fully saturated rings. The largest absolute Gasteiger partial charge is 0.475 e. The second-order valence-corrected chi connectivity index (χ2v) is 6.15. The number of benzene rings is 1. The van der Waals surface area contributed by atoms with Crippen LogP contribution in [0.2, 0.25) is 0 Å². The van der Waals surface area contributed by atoms with E-state index in [1.54, 1.807) is 12.1 Å². The van der Waals surface area contributed by atoms with E-state index < -0.39 is 0 Å². The Hall–Kier alpha value is -1.62. The SMILES string of the molecule is CCCCCCCN(CC)C(CCC)Oc1ccc([N+](=O)[O-])cc1. The lowest BCUT2D eigenvalue weighted by atomic mass is 10.1. The van der Waals surface area contributed by atoms with Gasteiger partial charge in [0, 0.05) is 18.7 Å². The minimum absolute atomic E-state index is 0.0348. The van der Waals surface area contributed by atoms with E-state index in [4.69, 9.17) is 4.74 Å². The minimum Gasteiger partial charge on any atom is -0.475 e. The van der Waals surface area contributed by atoms with Gasteiger partial charge in [-0.05, 0) is 31.5 Å². The van der Waals surface area contributed by atoms with Crippen molar-refractivity contribution in [2.24, 2.45) is 0 Å². The number of nitro benzene ring substituents is 1. The number of nitrogens with zero attached hydrogens (tertiary/aromatic N) is 2. The molecule has 24 heavy (non-hydrogen) atoms. The predicted octanol–water partition coefficient (Wildman–Crippen LogP) is 5.39. The molecule has 136 valence electrons. The zero-order valence-corrected chi connectivity index (χ0v) is 15.4. The van der Waals surface area contributed by atoms with E-state index in [1.807, 2.05) is 0 Å². The van der Waals surface area contributed by atoms with Crippen LogP contribution in [0.5, 0.6) is 5.75 Å². The van der Waals surface area contributed by atoms with Gasteiger partial charge in [-0.1, -0.05) is 52.9 Å². The summed E-state index contributed by atoms with van der Waals surface area (Å²) in [5.74, 6) is 0.698. The van der Waals surface area contributed by atoms with Crippen LogP contribution in [0, 0.1) is 10.1 Å². The second-order valence-electron chi connectivity index (χ2n) is 6.15. The summed E-state index contributed by atoms with van der Waals surface area (Å²) in [5, 5.41) is 10.7. The van der Waals surface area contributed by atoms with E-state index in [0.29, 0.717) is 5.75 Å². The van der Waals surface area contributed by atoms with E-state index >= 15 is 0 Å². The minimum atomic E-state index is -0.387. The fraction of sp³-hybridized carbons (Fsp3) is 0.684. The summed E-state index contributed by atoms with van der Waals surface area (Å²) in [4.78, 5) is 12.7. The predicted molar refractivity (Wildman–Crippen MR) is 98.4 cm³/mol. The third kappa shape index (κ3) is 7.30. The van der Waals surface area contributed by atoms with E-state index in [0.717, 1.165) is 25.9 Å². The molecule has 0 N–H and O–H groups in total. The van der Waals surface area contributed by atoms with Crippen LogP contribution in [0.25, 0.3) is 0 Å². The highest BCUT2D eigenvalue weighted by Gasteiger charge is 2.18. The van der Waals surface area contributed by atoms with E-state index in [1.165, 1.54) is 44.2 Å². The molecule has 0 aromatic heterocycles. The molecule has 0 saturated carbocycles. The lowest BCUT2D eigenvalue weighted by Gasteiger charge is -2.31. The van der Waals surface area contributed by atoms with Crippen LogP contribution in [-0.2, 0) is 0 Å². The van der Waals surface area contributed by atoms with Gasteiger partial charge in [-0.2, -0.15) is 0 Å². The molecule has 0 spiro atoms. The molecule has 1 rings (SSSR count). The van der Waals surface area contributed by atoms with Gasteiger partial charge in [0.05, 0.1) is 4.92 Å². The van der Waals surface area contributed by atoms with E-state index in [-0.39, 0.29) is 16.8 Å². The number of rotatable bonds is 13. The van der Waals surface area contributed by atoms with Crippen LogP contribution >= 0.6 is 0 Å². The van der Waals surface area contributed by atoms with Gasteiger partial charge in [-0.15, -0.1) is 0 Å². The van der Waals surface area contributed by atoms with Crippen LogP contribution in [0.4, 0.5) is 5.69 Å². The van der Waals surface area contributed by atoms with Crippen molar-refractivity contribution in [2.75, 3.05) is 13.1 Å². The summed E-state index contributed by atoms with van der Waals surface area (Å²) in [7, 11) is 0. The van der Waals surface area contributed by atoms with Crippen molar-refractivity contribution in [1.82, 2.24) is 4.90 Å². The third-order valence-corrected chi connectivity index (χ3v) is 4.22. The van der Waals surface area contributed by atoms with Crippen molar-refractivity contribution in [1.29, 1.82) is 0 Å². The number of unbranched alkanes of at least 4 members (excludes halogenated alkanes) is 4. The molecule has 0 aliphatic carbocycles. The molecule has 0 aliphatic rings. The van der Waals surface area contributed by atoms with E-state index in [2.05, 4.69) is 25.7 Å². The summed E-state index contributed by atoms with van der Waals surface area (Å²) < 4.78 is 6.12. The number of non-ortho nitro benzene ring substituents is 1. The lowest BCUT2D eigenvalue weighted by molar-refractivity contribution is -0.384. The van der Waals surface area contributed by atoms with Gasteiger partial charge < -0.3 is 4.74 Å². The Bertz CT molecular complexity index is 462. The highest BCUT2D eigenvalue weighted by molar-refractivity contribution is 5.36. The third-order valence-electron chi connectivity index (χ3n) is 4.22. The van der Waals surface area contributed by atoms with Gasteiger partial charge in [0.25, 0.3) is 5.69 Å². The normalized spacial score (nSPS) is 12.3. The molecule has 0 heterocycles. The maximum atomic E-state index is 10.7. The Morgan fingerprint density at radius 2 is 1.71 bits per heavy atom. The van der Waals surface area contributed by atoms with Crippen LogP contribution in [0.1, 0.15) is 65.7 Å². The molecule has 1 unspecified atom stereocenters. The second kappa shape index (κ2) is 11.8. The lowest BCUT2D eigenvalue weighted by Crippen LogP contribution is -2.40. The highest BCUT2D eigenvalue weighted by atomic mass is 16.6. The van der Waals surface area contributed by atoms with Gasteiger partial charge >= 0.3 is 0 Å². The average molecular weight is 336 g/mol. The molecule has 0 aliphatic heterocycles. The first-order chi connectivity index (χ1) is 11.6. The Kier molecular flexibility index (Phi) is 10.1. The molecule has 5 nitrogen and oxygen atoms in total. The van der Waals surface area contributed by atoms with Crippen molar-refractivity contribution in [3.63, 3.8) is 0 Å². The maximum Gasteiger partial charge on any atom is 0.269 e. The summed E-state index contributed by atoms with van der Waals surface area (Å²) in [6.45, 7) is 8.53. The Balaban J connectivity index is 2.60. The Labute approximate surface area is 146 Å². The zero-order valence-electron chi connectivity index (χ0n) is 15.4.